The molecule has 1 atom stereocenters. The molecule has 154 valence electrons. The number of thioether (sulfide) groups is 1. The second-order valence-electron chi connectivity index (χ2n) is 7.18. The number of hydrogen-bond donors (Lipinski definition) is 1. The standard InChI is InChI=1S/C21H24N2O4S2/c1-27-18-9-8-15(14-20(18)29(25,26)23-11-4-5-12-23)21(24)22-17-10-13-28-19-7-3-2-6-16(17)19/h2-3,6-9,14,17H,4-5,10-13H2,1H3,(H,22,24). The fraction of sp³-hybridized carbons (Fsp3) is 0.381. The van der Waals surface area contributed by atoms with E-state index in [2.05, 4.69) is 11.4 Å². The van der Waals surface area contributed by atoms with Crippen LogP contribution in [0.2, 0.25) is 0 Å². The maximum Gasteiger partial charge on any atom is 0.251 e. The van der Waals surface area contributed by atoms with E-state index in [1.807, 2.05) is 18.2 Å². The summed E-state index contributed by atoms with van der Waals surface area (Å²) >= 11 is 1.79. The number of benzene rings is 2. The molecule has 0 radical (unpaired) electrons. The van der Waals surface area contributed by atoms with Gasteiger partial charge in [0.05, 0.1) is 13.2 Å². The van der Waals surface area contributed by atoms with E-state index in [0.717, 1.165) is 30.6 Å². The predicted octanol–water partition coefficient (Wildman–Crippen LogP) is 3.45. The number of amides is 1. The summed E-state index contributed by atoms with van der Waals surface area (Å²) in [6, 6.07) is 12.6. The van der Waals surface area contributed by atoms with Gasteiger partial charge in [-0.15, -0.1) is 11.8 Å². The number of carbonyl (C=O) groups is 1. The van der Waals surface area contributed by atoms with E-state index in [-0.39, 0.29) is 22.6 Å². The van der Waals surface area contributed by atoms with Crippen LogP contribution in [-0.4, -0.2) is 44.6 Å². The van der Waals surface area contributed by atoms with Crippen molar-refractivity contribution in [2.45, 2.75) is 35.1 Å². The van der Waals surface area contributed by atoms with Crippen molar-refractivity contribution in [2.75, 3.05) is 26.0 Å². The molecule has 2 aromatic carbocycles. The molecule has 2 aromatic rings. The molecule has 2 aliphatic rings. The van der Waals surface area contributed by atoms with Gasteiger partial charge >= 0.3 is 0 Å². The smallest absolute Gasteiger partial charge is 0.251 e. The molecule has 0 bridgehead atoms. The van der Waals surface area contributed by atoms with E-state index in [1.54, 1.807) is 23.9 Å². The van der Waals surface area contributed by atoms with Crippen molar-refractivity contribution in [2.24, 2.45) is 0 Å². The summed E-state index contributed by atoms with van der Waals surface area (Å²) in [7, 11) is -2.26. The van der Waals surface area contributed by atoms with Gasteiger partial charge in [-0.1, -0.05) is 18.2 Å². The summed E-state index contributed by atoms with van der Waals surface area (Å²) < 4.78 is 32.8. The number of carbonyl (C=O) groups excluding carboxylic acids is 1. The minimum absolute atomic E-state index is 0.0501. The molecule has 1 unspecified atom stereocenters. The van der Waals surface area contributed by atoms with Crippen LogP contribution in [0.25, 0.3) is 0 Å². The number of rotatable bonds is 5. The zero-order valence-electron chi connectivity index (χ0n) is 16.3. The van der Waals surface area contributed by atoms with Crippen molar-refractivity contribution >= 4 is 27.7 Å². The van der Waals surface area contributed by atoms with Gasteiger partial charge < -0.3 is 10.1 Å². The van der Waals surface area contributed by atoms with Gasteiger partial charge in [0.15, 0.2) is 0 Å². The Balaban J connectivity index is 1.62. The first kappa shape index (κ1) is 20.3. The van der Waals surface area contributed by atoms with Crippen molar-refractivity contribution in [3.63, 3.8) is 0 Å². The Morgan fingerprint density at radius 2 is 1.93 bits per heavy atom. The molecular weight excluding hydrogens is 408 g/mol. The Morgan fingerprint density at radius 3 is 2.69 bits per heavy atom. The molecule has 6 nitrogen and oxygen atoms in total. The molecule has 0 saturated carbocycles. The Labute approximate surface area is 175 Å². The number of fused-ring (bicyclic) bond motifs is 1. The lowest BCUT2D eigenvalue weighted by molar-refractivity contribution is 0.0934. The quantitative estimate of drug-likeness (QED) is 0.783. The highest BCUT2D eigenvalue weighted by Crippen LogP contribution is 2.36. The number of sulfonamides is 1. The second kappa shape index (κ2) is 8.38. The van der Waals surface area contributed by atoms with Crippen molar-refractivity contribution in [1.82, 2.24) is 9.62 Å². The molecular formula is C21H24N2O4S2. The fourth-order valence-electron chi connectivity index (χ4n) is 3.82. The van der Waals surface area contributed by atoms with E-state index in [0.29, 0.717) is 18.7 Å². The Kier molecular flexibility index (Phi) is 5.85. The number of nitrogens with one attached hydrogen (secondary N) is 1. The van der Waals surface area contributed by atoms with E-state index in [1.165, 1.54) is 22.4 Å². The van der Waals surface area contributed by atoms with Crippen LogP contribution < -0.4 is 10.1 Å². The summed E-state index contributed by atoms with van der Waals surface area (Å²) in [4.78, 5) is 14.2. The van der Waals surface area contributed by atoms with Crippen LogP contribution in [0.1, 0.15) is 41.2 Å². The summed E-state index contributed by atoms with van der Waals surface area (Å²) in [5.74, 6) is 0.907. The lowest BCUT2D eigenvalue weighted by atomic mass is 10.0. The Morgan fingerprint density at radius 1 is 1.17 bits per heavy atom. The Hall–Kier alpha value is -2.03. The van der Waals surface area contributed by atoms with Gasteiger partial charge in [-0.05, 0) is 49.1 Å². The summed E-state index contributed by atoms with van der Waals surface area (Å²) in [6.45, 7) is 0.997. The molecule has 1 fully saturated rings. The van der Waals surface area contributed by atoms with Gasteiger partial charge in [0.1, 0.15) is 10.6 Å². The largest absolute Gasteiger partial charge is 0.495 e. The minimum atomic E-state index is -3.69. The Bertz CT molecular complexity index is 1020. The number of methoxy groups -OCH3 is 1. The molecule has 29 heavy (non-hydrogen) atoms. The van der Waals surface area contributed by atoms with E-state index in [4.69, 9.17) is 4.74 Å². The molecule has 8 heteroatoms. The first-order valence-electron chi connectivity index (χ1n) is 9.71. The lowest BCUT2D eigenvalue weighted by Crippen LogP contribution is -2.31. The molecule has 2 aliphatic heterocycles. The SMILES string of the molecule is COc1ccc(C(=O)NC2CCSc3ccccc32)cc1S(=O)(=O)N1CCCC1. The molecule has 4 rings (SSSR count). The molecule has 2 heterocycles. The van der Waals surface area contributed by atoms with Gasteiger partial charge in [-0.25, -0.2) is 8.42 Å². The number of ether oxygens (including phenoxy) is 1. The van der Waals surface area contributed by atoms with Crippen LogP contribution in [0.3, 0.4) is 0 Å². The van der Waals surface area contributed by atoms with Gasteiger partial charge in [-0.2, -0.15) is 4.31 Å². The van der Waals surface area contributed by atoms with Crippen LogP contribution in [0.4, 0.5) is 0 Å². The van der Waals surface area contributed by atoms with Crippen molar-refractivity contribution in [3.8, 4) is 5.75 Å². The van der Waals surface area contributed by atoms with E-state index >= 15 is 0 Å². The van der Waals surface area contributed by atoms with Crippen LogP contribution in [0, 0.1) is 0 Å². The third-order valence-electron chi connectivity index (χ3n) is 5.37. The van der Waals surface area contributed by atoms with Gasteiger partial charge in [0, 0.05) is 29.3 Å². The van der Waals surface area contributed by atoms with Crippen LogP contribution >= 0.6 is 11.8 Å². The van der Waals surface area contributed by atoms with E-state index in [9.17, 15) is 13.2 Å². The third kappa shape index (κ3) is 4.01. The van der Waals surface area contributed by atoms with Crippen molar-refractivity contribution in [1.29, 1.82) is 0 Å². The van der Waals surface area contributed by atoms with Crippen LogP contribution in [-0.2, 0) is 10.0 Å². The zero-order chi connectivity index (χ0) is 20.4. The maximum absolute atomic E-state index is 13.1. The van der Waals surface area contributed by atoms with Gasteiger partial charge in [0.25, 0.3) is 5.91 Å². The van der Waals surface area contributed by atoms with Gasteiger partial charge in [0.2, 0.25) is 10.0 Å². The second-order valence-corrected chi connectivity index (χ2v) is 10.2. The molecule has 0 aliphatic carbocycles. The highest BCUT2D eigenvalue weighted by molar-refractivity contribution is 7.99. The van der Waals surface area contributed by atoms with Crippen molar-refractivity contribution in [3.05, 3.63) is 53.6 Å². The summed E-state index contributed by atoms with van der Waals surface area (Å²) in [6.07, 6.45) is 2.53. The first-order chi connectivity index (χ1) is 14.0. The fourth-order valence-corrected chi connectivity index (χ4v) is 6.64. The van der Waals surface area contributed by atoms with Crippen LogP contribution in [0.5, 0.6) is 5.75 Å². The molecule has 1 saturated heterocycles. The highest BCUT2D eigenvalue weighted by atomic mass is 32.2. The van der Waals surface area contributed by atoms with E-state index < -0.39 is 10.0 Å². The molecule has 1 N–H and O–H groups in total. The molecule has 1 amide bonds. The molecule has 0 aromatic heterocycles. The summed E-state index contributed by atoms with van der Waals surface area (Å²) in [5, 5.41) is 3.08. The normalized spacial score (nSPS) is 19.6. The maximum atomic E-state index is 13.1. The molecule has 0 spiro atoms. The number of nitrogens with zero attached hydrogens (tertiary/aromatic N) is 1. The third-order valence-corrected chi connectivity index (χ3v) is 8.41. The predicted molar refractivity (Wildman–Crippen MR) is 113 cm³/mol. The van der Waals surface area contributed by atoms with Crippen molar-refractivity contribution < 1.29 is 17.9 Å². The average molecular weight is 433 g/mol. The first-order valence-corrected chi connectivity index (χ1v) is 12.1. The minimum Gasteiger partial charge on any atom is -0.495 e. The lowest BCUT2D eigenvalue weighted by Gasteiger charge is -2.26. The number of hydrogen-bond acceptors (Lipinski definition) is 5. The van der Waals surface area contributed by atoms with Crippen LogP contribution in [0.15, 0.2) is 52.3 Å². The van der Waals surface area contributed by atoms with Gasteiger partial charge in [-0.3, -0.25) is 4.79 Å². The topological polar surface area (TPSA) is 75.7 Å². The zero-order valence-corrected chi connectivity index (χ0v) is 17.9. The monoisotopic (exact) mass is 432 g/mol. The average Bonchev–Trinajstić information content (AvgIpc) is 3.29. The highest BCUT2D eigenvalue weighted by Gasteiger charge is 2.31. The summed E-state index contributed by atoms with van der Waals surface area (Å²) in [5.41, 5.74) is 1.43.